The Morgan fingerprint density at radius 1 is 1.47 bits per heavy atom. The molecule has 0 aromatic carbocycles. The van der Waals surface area contributed by atoms with E-state index in [-0.39, 0.29) is 11.1 Å². The van der Waals surface area contributed by atoms with Crippen molar-refractivity contribution in [2.75, 3.05) is 26.0 Å². The molecule has 0 unspecified atom stereocenters. The van der Waals surface area contributed by atoms with Gasteiger partial charge in [-0.15, -0.1) is 0 Å². The standard InChI is InChI=1S/C14H21N3O2/c1-17(2)14(7-3-4-8-14)10-16-12-11(13(18)19)6-5-9-15-12/h5-6,9H,3-4,7-8,10H2,1-2H3,(H,15,16)(H,18,19). The third-order valence-corrected chi connectivity index (χ3v) is 4.11. The summed E-state index contributed by atoms with van der Waals surface area (Å²) in [6.07, 6.45) is 6.36. The van der Waals surface area contributed by atoms with E-state index in [2.05, 4.69) is 29.3 Å². The lowest BCUT2D eigenvalue weighted by Gasteiger charge is -2.36. The highest BCUT2D eigenvalue weighted by Gasteiger charge is 2.35. The summed E-state index contributed by atoms with van der Waals surface area (Å²) in [6, 6.07) is 3.22. The highest BCUT2D eigenvalue weighted by molar-refractivity contribution is 5.92. The lowest BCUT2D eigenvalue weighted by atomic mass is 9.96. The van der Waals surface area contributed by atoms with E-state index in [9.17, 15) is 4.79 Å². The fourth-order valence-corrected chi connectivity index (χ4v) is 2.78. The predicted octanol–water partition coefficient (Wildman–Crippen LogP) is 2.07. The number of carboxylic acid groups (broad SMARTS) is 1. The van der Waals surface area contributed by atoms with Crippen molar-refractivity contribution in [1.82, 2.24) is 9.88 Å². The fourth-order valence-electron chi connectivity index (χ4n) is 2.78. The average molecular weight is 263 g/mol. The minimum atomic E-state index is -0.944. The number of carbonyl (C=O) groups is 1. The summed E-state index contributed by atoms with van der Waals surface area (Å²) in [6.45, 7) is 0.733. The minimum Gasteiger partial charge on any atom is -0.478 e. The molecule has 1 aliphatic rings. The van der Waals surface area contributed by atoms with Gasteiger partial charge < -0.3 is 15.3 Å². The summed E-state index contributed by atoms with van der Waals surface area (Å²) in [5.74, 6) is -0.482. The van der Waals surface area contributed by atoms with Crippen molar-refractivity contribution in [2.24, 2.45) is 0 Å². The first-order valence-corrected chi connectivity index (χ1v) is 6.65. The number of rotatable bonds is 5. The van der Waals surface area contributed by atoms with E-state index in [1.165, 1.54) is 12.8 Å². The molecule has 1 aromatic rings. The molecule has 0 spiro atoms. The molecule has 0 aliphatic heterocycles. The lowest BCUT2D eigenvalue weighted by molar-refractivity contribution is 0.0697. The molecule has 5 nitrogen and oxygen atoms in total. The number of anilines is 1. The van der Waals surface area contributed by atoms with Gasteiger partial charge in [0, 0.05) is 18.3 Å². The average Bonchev–Trinajstić information content (AvgIpc) is 2.86. The SMILES string of the molecule is CN(C)C1(CNc2ncccc2C(=O)O)CCCC1. The molecule has 0 bridgehead atoms. The highest BCUT2D eigenvalue weighted by Crippen LogP contribution is 2.34. The lowest BCUT2D eigenvalue weighted by Crippen LogP contribution is -2.47. The Morgan fingerprint density at radius 2 is 2.16 bits per heavy atom. The third-order valence-electron chi connectivity index (χ3n) is 4.11. The number of pyridine rings is 1. The zero-order valence-corrected chi connectivity index (χ0v) is 11.5. The van der Waals surface area contributed by atoms with Crippen molar-refractivity contribution in [1.29, 1.82) is 0 Å². The van der Waals surface area contributed by atoms with Crippen molar-refractivity contribution in [2.45, 2.75) is 31.2 Å². The van der Waals surface area contributed by atoms with Gasteiger partial charge in [-0.05, 0) is 39.1 Å². The van der Waals surface area contributed by atoms with Crippen molar-refractivity contribution in [3.05, 3.63) is 23.9 Å². The maximum atomic E-state index is 11.1. The van der Waals surface area contributed by atoms with Gasteiger partial charge in [0.2, 0.25) is 0 Å². The Labute approximate surface area is 113 Å². The molecular weight excluding hydrogens is 242 g/mol. The second kappa shape index (κ2) is 5.57. The molecule has 5 heteroatoms. The van der Waals surface area contributed by atoms with Gasteiger partial charge in [-0.3, -0.25) is 0 Å². The highest BCUT2D eigenvalue weighted by atomic mass is 16.4. The van der Waals surface area contributed by atoms with Crippen molar-refractivity contribution < 1.29 is 9.90 Å². The van der Waals surface area contributed by atoms with Gasteiger partial charge in [0.1, 0.15) is 11.4 Å². The maximum Gasteiger partial charge on any atom is 0.339 e. The van der Waals surface area contributed by atoms with E-state index < -0.39 is 5.97 Å². The normalized spacial score (nSPS) is 17.6. The van der Waals surface area contributed by atoms with Gasteiger partial charge in [-0.2, -0.15) is 0 Å². The number of nitrogens with one attached hydrogen (secondary N) is 1. The van der Waals surface area contributed by atoms with Crippen LogP contribution >= 0.6 is 0 Å². The quantitative estimate of drug-likeness (QED) is 0.851. The van der Waals surface area contributed by atoms with Crippen LogP contribution in [0.15, 0.2) is 18.3 Å². The van der Waals surface area contributed by atoms with Crippen molar-refractivity contribution in [3.63, 3.8) is 0 Å². The number of aromatic carboxylic acids is 1. The largest absolute Gasteiger partial charge is 0.478 e. The first-order valence-electron chi connectivity index (χ1n) is 6.65. The first kappa shape index (κ1) is 13.8. The molecule has 0 radical (unpaired) electrons. The Hall–Kier alpha value is -1.62. The van der Waals surface area contributed by atoms with Crippen LogP contribution in [-0.2, 0) is 0 Å². The number of hydrogen-bond acceptors (Lipinski definition) is 4. The van der Waals surface area contributed by atoms with Crippen LogP contribution in [-0.4, -0.2) is 47.1 Å². The summed E-state index contributed by atoms with van der Waals surface area (Å²) >= 11 is 0. The molecule has 0 atom stereocenters. The molecule has 2 N–H and O–H groups in total. The number of hydrogen-bond donors (Lipinski definition) is 2. The third kappa shape index (κ3) is 2.87. The Kier molecular flexibility index (Phi) is 4.04. The molecule has 1 heterocycles. The molecule has 1 fully saturated rings. The molecule has 1 aliphatic carbocycles. The Balaban J connectivity index is 2.12. The van der Waals surface area contributed by atoms with E-state index in [1.54, 1.807) is 18.3 Å². The van der Waals surface area contributed by atoms with Crippen LogP contribution in [0.3, 0.4) is 0 Å². The van der Waals surface area contributed by atoms with E-state index in [0.29, 0.717) is 5.82 Å². The second-order valence-corrected chi connectivity index (χ2v) is 5.38. The number of nitrogens with zero attached hydrogens (tertiary/aromatic N) is 2. The van der Waals surface area contributed by atoms with Gasteiger partial charge in [0.15, 0.2) is 0 Å². The molecule has 1 aromatic heterocycles. The van der Waals surface area contributed by atoms with Crippen LogP contribution in [0.5, 0.6) is 0 Å². The molecule has 1 saturated carbocycles. The van der Waals surface area contributed by atoms with E-state index in [4.69, 9.17) is 5.11 Å². The van der Waals surface area contributed by atoms with Crippen LogP contribution in [0.1, 0.15) is 36.0 Å². The number of carboxylic acids is 1. The molecule has 19 heavy (non-hydrogen) atoms. The zero-order valence-electron chi connectivity index (χ0n) is 11.5. The van der Waals surface area contributed by atoms with Crippen LogP contribution in [0.2, 0.25) is 0 Å². The molecule has 104 valence electrons. The Bertz CT molecular complexity index is 454. The molecular formula is C14H21N3O2. The molecule has 0 saturated heterocycles. The van der Waals surface area contributed by atoms with Gasteiger partial charge in [-0.1, -0.05) is 12.8 Å². The monoisotopic (exact) mass is 263 g/mol. The molecule has 2 rings (SSSR count). The predicted molar refractivity (Wildman–Crippen MR) is 74.6 cm³/mol. The summed E-state index contributed by atoms with van der Waals surface area (Å²) in [5.41, 5.74) is 0.349. The number of likely N-dealkylation sites (N-methyl/N-ethyl adjacent to an activating group) is 1. The van der Waals surface area contributed by atoms with Crippen LogP contribution in [0.25, 0.3) is 0 Å². The second-order valence-electron chi connectivity index (χ2n) is 5.38. The van der Waals surface area contributed by atoms with E-state index in [0.717, 1.165) is 19.4 Å². The first-order chi connectivity index (χ1) is 9.05. The summed E-state index contributed by atoms with van der Waals surface area (Å²) in [4.78, 5) is 17.5. The van der Waals surface area contributed by atoms with E-state index >= 15 is 0 Å². The summed E-state index contributed by atoms with van der Waals surface area (Å²) in [5, 5.41) is 12.4. The number of aromatic nitrogens is 1. The molecule has 0 amide bonds. The van der Waals surface area contributed by atoms with Gasteiger partial charge in [-0.25, -0.2) is 9.78 Å². The maximum absolute atomic E-state index is 11.1. The van der Waals surface area contributed by atoms with Gasteiger partial charge in [0.25, 0.3) is 0 Å². The van der Waals surface area contributed by atoms with Crippen molar-refractivity contribution >= 4 is 11.8 Å². The fraction of sp³-hybridized carbons (Fsp3) is 0.571. The van der Waals surface area contributed by atoms with E-state index in [1.807, 2.05) is 0 Å². The minimum absolute atomic E-state index is 0.118. The van der Waals surface area contributed by atoms with Crippen LogP contribution in [0, 0.1) is 0 Å². The van der Waals surface area contributed by atoms with Gasteiger partial charge in [0.05, 0.1) is 0 Å². The van der Waals surface area contributed by atoms with Gasteiger partial charge >= 0.3 is 5.97 Å². The van der Waals surface area contributed by atoms with Crippen LogP contribution < -0.4 is 5.32 Å². The van der Waals surface area contributed by atoms with Crippen LogP contribution in [0.4, 0.5) is 5.82 Å². The topological polar surface area (TPSA) is 65.5 Å². The Morgan fingerprint density at radius 3 is 2.74 bits per heavy atom. The summed E-state index contributed by atoms with van der Waals surface area (Å²) in [7, 11) is 4.17. The zero-order chi connectivity index (χ0) is 13.9. The summed E-state index contributed by atoms with van der Waals surface area (Å²) < 4.78 is 0. The van der Waals surface area contributed by atoms with Crippen molar-refractivity contribution in [3.8, 4) is 0 Å². The smallest absolute Gasteiger partial charge is 0.339 e.